The van der Waals surface area contributed by atoms with Crippen LogP contribution in [0.5, 0.6) is 0 Å². The molecule has 0 aliphatic heterocycles. The van der Waals surface area contributed by atoms with Crippen LogP contribution in [-0.2, 0) is 22.5 Å². The number of esters is 1. The number of aryl methyl sites for hydroxylation is 2. The molecule has 0 spiro atoms. The fourth-order valence-corrected chi connectivity index (χ4v) is 3.58. The van der Waals surface area contributed by atoms with Crippen molar-refractivity contribution in [2.24, 2.45) is 0 Å². The first-order valence-electron chi connectivity index (χ1n) is 11.9. The van der Waals surface area contributed by atoms with Gasteiger partial charge in [0.15, 0.2) is 5.43 Å². The van der Waals surface area contributed by atoms with Gasteiger partial charge in [-0.25, -0.2) is 4.39 Å². The minimum Gasteiger partial charge on any atom is -0.465 e. The van der Waals surface area contributed by atoms with E-state index in [9.17, 15) is 14.0 Å². The van der Waals surface area contributed by atoms with Crippen LogP contribution in [0.2, 0.25) is 0 Å². The number of nitrogens with zero attached hydrogens (tertiary/aromatic N) is 1. The number of hydrogen-bond acceptors (Lipinski definition) is 3. The third-order valence-electron chi connectivity index (χ3n) is 5.56. The zero-order valence-corrected chi connectivity index (χ0v) is 20.5. The Morgan fingerprint density at radius 1 is 0.970 bits per heavy atom. The number of fused-ring (bicyclic) bond motifs is 1. The minimum atomic E-state index is -0.588. The lowest BCUT2D eigenvalue weighted by Gasteiger charge is -2.15. The molecule has 33 heavy (non-hydrogen) atoms. The SMILES string of the molecule is CCCC.CCCCc1ccc(-c2cn(CC(=O)OCC)c3c(C)ccc(F)c3c2=O)cc1. The highest BCUT2D eigenvalue weighted by Gasteiger charge is 2.17. The number of rotatable bonds is 8. The summed E-state index contributed by atoms with van der Waals surface area (Å²) in [7, 11) is 0. The Morgan fingerprint density at radius 2 is 1.64 bits per heavy atom. The second kappa shape index (κ2) is 12.9. The van der Waals surface area contributed by atoms with Gasteiger partial charge >= 0.3 is 5.97 Å². The molecule has 3 rings (SSSR count). The highest BCUT2D eigenvalue weighted by molar-refractivity contribution is 5.88. The van der Waals surface area contributed by atoms with Crippen molar-refractivity contribution in [1.29, 1.82) is 0 Å². The lowest BCUT2D eigenvalue weighted by atomic mass is 10.00. The van der Waals surface area contributed by atoms with E-state index in [2.05, 4.69) is 20.8 Å². The highest BCUT2D eigenvalue weighted by atomic mass is 19.1. The van der Waals surface area contributed by atoms with Crippen molar-refractivity contribution < 1.29 is 13.9 Å². The molecule has 0 fully saturated rings. The van der Waals surface area contributed by atoms with Gasteiger partial charge in [0.25, 0.3) is 0 Å². The Labute approximate surface area is 196 Å². The zero-order valence-electron chi connectivity index (χ0n) is 20.5. The van der Waals surface area contributed by atoms with Crippen molar-refractivity contribution in [1.82, 2.24) is 4.57 Å². The van der Waals surface area contributed by atoms with Crippen LogP contribution >= 0.6 is 0 Å². The van der Waals surface area contributed by atoms with Crippen LogP contribution in [0.4, 0.5) is 4.39 Å². The number of aromatic nitrogens is 1. The normalized spacial score (nSPS) is 10.6. The first kappa shape index (κ1) is 26.3. The van der Waals surface area contributed by atoms with Crippen molar-refractivity contribution in [3.05, 3.63) is 69.8 Å². The van der Waals surface area contributed by atoms with Gasteiger partial charge in [-0.1, -0.05) is 70.4 Å². The number of carbonyl (C=O) groups is 1. The molecule has 3 aromatic rings. The predicted molar refractivity (Wildman–Crippen MR) is 134 cm³/mol. The first-order valence-corrected chi connectivity index (χ1v) is 11.9. The third-order valence-corrected chi connectivity index (χ3v) is 5.56. The number of halogens is 1. The van der Waals surface area contributed by atoms with Crippen LogP contribution in [0.1, 0.15) is 64.5 Å². The van der Waals surface area contributed by atoms with Crippen LogP contribution in [0, 0.1) is 12.7 Å². The highest BCUT2D eigenvalue weighted by Crippen LogP contribution is 2.25. The maximum Gasteiger partial charge on any atom is 0.325 e. The van der Waals surface area contributed by atoms with E-state index in [-0.39, 0.29) is 24.0 Å². The van der Waals surface area contributed by atoms with Gasteiger partial charge in [0.05, 0.1) is 17.5 Å². The zero-order chi connectivity index (χ0) is 24.4. The van der Waals surface area contributed by atoms with E-state index in [0.29, 0.717) is 16.6 Å². The Morgan fingerprint density at radius 3 is 2.21 bits per heavy atom. The van der Waals surface area contributed by atoms with Gasteiger partial charge in [-0.2, -0.15) is 0 Å². The Bertz CT molecular complexity index is 1110. The molecule has 0 saturated carbocycles. The molecule has 178 valence electrons. The van der Waals surface area contributed by atoms with E-state index in [1.165, 1.54) is 24.5 Å². The number of pyridine rings is 1. The lowest BCUT2D eigenvalue weighted by molar-refractivity contribution is -0.143. The van der Waals surface area contributed by atoms with Gasteiger partial charge in [-0.3, -0.25) is 9.59 Å². The van der Waals surface area contributed by atoms with Crippen LogP contribution in [-0.4, -0.2) is 17.1 Å². The molecule has 0 radical (unpaired) electrons. The van der Waals surface area contributed by atoms with Crippen molar-refractivity contribution in [2.45, 2.75) is 73.3 Å². The monoisotopic (exact) mass is 453 g/mol. The lowest BCUT2D eigenvalue weighted by Crippen LogP contribution is -2.19. The molecule has 4 nitrogen and oxygen atoms in total. The molecular weight excluding hydrogens is 417 g/mol. The number of hydrogen-bond donors (Lipinski definition) is 0. The first-order chi connectivity index (χ1) is 15.9. The summed E-state index contributed by atoms with van der Waals surface area (Å²) in [4.78, 5) is 25.3. The van der Waals surface area contributed by atoms with Crippen molar-refractivity contribution in [3.8, 4) is 11.1 Å². The Kier molecular flexibility index (Phi) is 10.3. The summed E-state index contributed by atoms with van der Waals surface area (Å²) in [5.74, 6) is -1.02. The molecule has 0 saturated heterocycles. The van der Waals surface area contributed by atoms with Crippen LogP contribution in [0.3, 0.4) is 0 Å². The van der Waals surface area contributed by atoms with Gasteiger partial charge < -0.3 is 9.30 Å². The predicted octanol–water partition coefficient (Wildman–Crippen LogP) is 6.83. The van der Waals surface area contributed by atoms with E-state index in [1.807, 2.05) is 24.3 Å². The molecule has 0 atom stereocenters. The van der Waals surface area contributed by atoms with Gasteiger partial charge in [0.2, 0.25) is 0 Å². The Hall–Kier alpha value is -2.95. The largest absolute Gasteiger partial charge is 0.465 e. The molecule has 1 heterocycles. The average molecular weight is 454 g/mol. The number of benzene rings is 2. The molecule has 0 bridgehead atoms. The van der Waals surface area contributed by atoms with Crippen LogP contribution in [0.15, 0.2) is 47.4 Å². The second-order valence-electron chi connectivity index (χ2n) is 8.19. The van der Waals surface area contributed by atoms with Crippen LogP contribution in [0.25, 0.3) is 22.0 Å². The summed E-state index contributed by atoms with van der Waals surface area (Å²) < 4.78 is 21.3. The van der Waals surface area contributed by atoms with E-state index < -0.39 is 11.8 Å². The smallest absolute Gasteiger partial charge is 0.325 e. The summed E-state index contributed by atoms with van der Waals surface area (Å²) in [6.07, 6.45) is 7.47. The molecule has 0 aliphatic rings. The summed E-state index contributed by atoms with van der Waals surface area (Å²) in [6.45, 7) is 10.2. The molecule has 0 unspecified atom stereocenters. The topological polar surface area (TPSA) is 48.3 Å². The van der Waals surface area contributed by atoms with E-state index in [1.54, 1.807) is 30.7 Å². The standard InChI is InChI=1S/C24H26FNO3.C4H10/c1-4-6-7-17-9-11-18(12-10-17)19-14-26(15-21(27)29-5-2)23-16(3)8-13-20(25)22(23)24(19)28;1-3-4-2/h8-14H,4-7,15H2,1-3H3;3-4H2,1-2H3. The van der Waals surface area contributed by atoms with Gasteiger partial charge in [0, 0.05) is 11.8 Å². The number of ether oxygens (including phenoxy) is 1. The maximum absolute atomic E-state index is 14.7. The molecule has 0 N–H and O–H groups in total. The van der Waals surface area contributed by atoms with Crippen LogP contribution < -0.4 is 5.43 Å². The number of unbranched alkanes of at least 4 members (excludes halogenated alkanes) is 2. The number of carbonyl (C=O) groups excluding carboxylic acids is 1. The van der Waals surface area contributed by atoms with Crippen molar-refractivity contribution in [2.75, 3.05) is 6.61 Å². The summed E-state index contributed by atoms with van der Waals surface area (Å²) in [5, 5.41) is 0.00172. The summed E-state index contributed by atoms with van der Waals surface area (Å²) in [6, 6.07) is 10.7. The molecule has 1 aromatic heterocycles. The van der Waals surface area contributed by atoms with Gasteiger partial charge in [0.1, 0.15) is 12.4 Å². The summed E-state index contributed by atoms with van der Waals surface area (Å²) in [5.41, 5.74) is 3.05. The van der Waals surface area contributed by atoms with E-state index >= 15 is 0 Å². The second-order valence-corrected chi connectivity index (χ2v) is 8.19. The fourth-order valence-electron chi connectivity index (χ4n) is 3.58. The van der Waals surface area contributed by atoms with E-state index in [4.69, 9.17) is 4.74 Å². The van der Waals surface area contributed by atoms with Crippen molar-refractivity contribution >= 4 is 16.9 Å². The third kappa shape index (κ3) is 6.77. The molecule has 0 amide bonds. The van der Waals surface area contributed by atoms with E-state index in [0.717, 1.165) is 24.8 Å². The van der Waals surface area contributed by atoms with Gasteiger partial charge in [-0.15, -0.1) is 0 Å². The molecular formula is C28H36FNO3. The Balaban J connectivity index is 0.000000890. The van der Waals surface area contributed by atoms with Gasteiger partial charge in [-0.05, 0) is 49.4 Å². The summed E-state index contributed by atoms with van der Waals surface area (Å²) >= 11 is 0. The molecule has 2 aromatic carbocycles. The fraction of sp³-hybridized carbons (Fsp3) is 0.429. The quantitative estimate of drug-likeness (QED) is 0.351. The molecule has 5 heteroatoms. The minimum absolute atomic E-state index is 0.00172. The van der Waals surface area contributed by atoms with Crippen molar-refractivity contribution in [3.63, 3.8) is 0 Å². The maximum atomic E-state index is 14.7. The molecule has 0 aliphatic carbocycles. The average Bonchev–Trinajstić information content (AvgIpc) is 2.82.